The molecule has 1 saturated heterocycles. The van der Waals surface area contributed by atoms with E-state index >= 15 is 0 Å². The third-order valence-electron chi connectivity index (χ3n) is 5.53. The Hall–Kier alpha value is -2.60. The van der Waals surface area contributed by atoms with E-state index in [1.165, 1.54) is 11.4 Å². The van der Waals surface area contributed by atoms with Gasteiger partial charge in [-0.05, 0) is 63.9 Å². The van der Waals surface area contributed by atoms with E-state index in [0.717, 1.165) is 43.9 Å². The van der Waals surface area contributed by atoms with Crippen molar-refractivity contribution in [3.8, 4) is 5.69 Å². The number of aromatic nitrogens is 4. The van der Waals surface area contributed by atoms with E-state index in [2.05, 4.69) is 76.2 Å². The number of hydrogen-bond acceptors (Lipinski definition) is 4. The molecule has 0 amide bonds. The lowest BCUT2D eigenvalue weighted by Gasteiger charge is -2.35. The van der Waals surface area contributed by atoms with Crippen molar-refractivity contribution in [2.24, 2.45) is 0 Å². The molecule has 0 aliphatic carbocycles. The summed E-state index contributed by atoms with van der Waals surface area (Å²) in [6, 6.07) is 13.7. The van der Waals surface area contributed by atoms with Crippen LogP contribution in [0.25, 0.3) is 5.69 Å². The lowest BCUT2D eigenvalue weighted by atomic mass is 10.0. The smallest absolute Gasteiger partial charge is 0.0666 e. The van der Waals surface area contributed by atoms with Crippen LogP contribution in [0.4, 0.5) is 5.69 Å². The van der Waals surface area contributed by atoms with Gasteiger partial charge in [-0.3, -0.25) is 4.68 Å². The number of rotatable bonds is 6. The first-order chi connectivity index (χ1) is 13.6. The van der Waals surface area contributed by atoms with Crippen LogP contribution in [0.1, 0.15) is 31.2 Å². The second-order valence-corrected chi connectivity index (χ2v) is 7.91. The Balaban J connectivity index is 1.31. The average Bonchev–Trinajstić information content (AvgIpc) is 3.32. The average molecular weight is 379 g/mol. The van der Waals surface area contributed by atoms with Gasteiger partial charge in [-0.1, -0.05) is 6.07 Å². The zero-order chi connectivity index (χ0) is 19.5. The van der Waals surface area contributed by atoms with Crippen molar-refractivity contribution in [3.63, 3.8) is 0 Å². The van der Waals surface area contributed by atoms with Crippen LogP contribution in [0.15, 0.2) is 48.8 Å². The molecule has 148 valence electrons. The van der Waals surface area contributed by atoms with Crippen molar-refractivity contribution in [3.05, 3.63) is 60.2 Å². The van der Waals surface area contributed by atoms with E-state index in [4.69, 9.17) is 0 Å². The summed E-state index contributed by atoms with van der Waals surface area (Å²) in [6.07, 6.45) is 6.12. The molecule has 4 rings (SSSR count). The van der Waals surface area contributed by atoms with E-state index in [9.17, 15) is 0 Å². The zero-order valence-electron chi connectivity index (χ0n) is 17.0. The van der Waals surface area contributed by atoms with Gasteiger partial charge in [0.1, 0.15) is 0 Å². The number of aryl methyl sites for hydroxylation is 2. The molecule has 1 atom stereocenters. The second kappa shape index (κ2) is 8.19. The molecule has 1 N–H and O–H groups in total. The molecule has 0 radical (unpaired) electrons. The Morgan fingerprint density at radius 2 is 1.89 bits per heavy atom. The number of hydrogen-bond donors (Lipinski definition) is 1. The Morgan fingerprint density at radius 1 is 1.11 bits per heavy atom. The van der Waals surface area contributed by atoms with E-state index in [-0.39, 0.29) is 0 Å². The summed E-state index contributed by atoms with van der Waals surface area (Å²) in [4.78, 5) is 2.48. The Labute approximate surface area is 167 Å². The highest BCUT2D eigenvalue weighted by atomic mass is 15.3. The monoisotopic (exact) mass is 378 g/mol. The van der Waals surface area contributed by atoms with E-state index in [1.807, 2.05) is 23.1 Å². The van der Waals surface area contributed by atoms with Crippen LogP contribution in [-0.2, 0) is 6.54 Å². The van der Waals surface area contributed by atoms with Gasteiger partial charge in [-0.15, -0.1) is 0 Å². The normalized spacial score (nSPS) is 16.5. The van der Waals surface area contributed by atoms with Gasteiger partial charge in [0.25, 0.3) is 0 Å². The largest absolute Gasteiger partial charge is 0.371 e. The van der Waals surface area contributed by atoms with Crippen molar-refractivity contribution in [1.29, 1.82) is 0 Å². The van der Waals surface area contributed by atoms with Gasteiger partial charge >= 0.3 is 0 Å². The maximum Gasteiger partial charge on any atom is 0.0666 e. The fourth-order valence-corrected chi connectivity index (χ4v) is 4.13. The molecule has 0 spiro atoms. The number of anilines is 1. The van der Waals surface area contributed by atoms with Crippen LogP contribution < -0.4 is 10.2 Å². The van der Waals surface area contributed by atoms with Crippen molar-refractivity contribution in [2.75, 3.05) is 18.0 Å². The van der Waals surface area contributed by atoms with Crippen molar-refractivity contribution in [2.45, 2.75) is 52.2 Å². The highest BCUT2D eigenvalue weighted by Crippen LogP contribution is 2.23. The minimum Gasteiger partial charge on any atom is -0.371 e. The van der Waals surface area contributed by atoms with E-state index in [0.29, 0.717) is 12.1 Å². The van der Waals surface area contributed by atoms with E-state index < -0.39 is 0 Å². The summed E-state index contributed by atoms with van der Waals surface area (Å²) in [6.45, 7) is 9.52. The zero-order valence-corrected chi connectivity index (χ0v) is 17.0. The fraction of sp³-hybridized carbons (Fsp3) is 0.455. The summed E-state index contributed by atoms with van der Waals surface area (Å²) in [5, 5.41) is 12.7. The van der Waals surface area contributed by atoms with Crippen LogP contribution in [0.5, 0.6) is 0 Å². The highest BCUT2D eigenvalue weighted by molar-refractivity contribution is 5.53. The Kier molecular flexibility index (Phi) is 5.48. The summed E-state index contributed by atoms with van der Waals surface area (Å²) >= 11 is 0. The summed E-state index contributed by atoms with van der Waals surface area (Å²) in [5.74, 6) is 0. The molecular formula is C22H30N6. The van der Waals surface area contributed by atoms with Crippen LogP contribution in [0.2, 0.25) is 0 Å². The summed E-state index contributed by atoms with van der Waals surface area (Å²) in [5.41, 5.74) is 4.72. The van der Waals surface area contributed by atoms with Crippen molar-refractivity contribution in [1.82, 2.24) is 24.9 Å². The molecule has 0 bridgehead atoms. The SMILES string of the molecule is Cc1cc(C)n(C[C@@H](C)NC2CCN(c3cccc(-n4cccn4)c3)CC2)n1. The van der Waals surface area contributed by atoms with Gasteiger partial charge in [0.15, 0.2) is 0 Å². The highest BCUT2D eigenvalue weighted by Gasteiger charge is 2.21. The molecule has 0 unspecified atom stereocenters. The minimum atomic E-state index is 0.415. The third kappa shape index (κ3) is 4.28. The fourth-order valence-electron chi connectivity index (χ4n) is 4.13. The van der Waals surface area contributed by atoms with Gasteiger partial charge in [0.2, 0.25) is 0 Å². The first kappa shape index (κ1) is 18.7. The summed E-state index contributed by atoms with van der Waals surface area (Å²) in [7, 11) is 0. The quantitative estimate of drug-likeness (QED) is 0.715. The topological polar surface area (TPSA) is 50.9 Å². The lowest BCUT2D eigenvalue weighted by Crippen LogP contribution is -2.46. The first-order valence-electron chi connectivity index (χ1n) is 10.2. The number of nitrogens with one attached hydrogen (secondary N) is 1. The first-order valence-corrected chi connectivity index (χ1v) is 10.2. The van der Waals surface area contributed by atoms with Crippen molar-refractivity contribution < 1.29 is 0 Å². The van der Waals surface area contributed by atoms with Gasteiger partial charge in [0.05, 0.1) is 17.9 Å². The molecule has 1 fully saturated rings. The molecule has 6 heteroatoms. The van der Waals surface area contributed by atoms with Crippen LogP contribution in [0.3, 0.4) is 0 Å². The third-order valence-corrected chi connectivity index (χ3v) is 5.53. The van der Waals surface area contributed by atoms with Crippen LogP contribution in [-0.4, -0.2) is 44.7 Å². The number of benzene rings is 1. The molecule has 28 heavy (non-hydrogen) atoms. The Bertz CT molecular complexity index is 890. The molecule has 0 saturated carbocycles. The predicted molar refractivity (Wildman–Crippen MR) is 113 cm³/mol. The maximum absolute atomic E-state index is 4.59. The molecule has 3 heterocycles. The molecule has 3 aromatic rings. The molecule has 1 aliphatic rings. The molecule has 1 aromatic carbocycles. The molecular weight excluding hydrogens is 348 g/mol. The van der Waals surface area contributed by atoms with Gasteiger partial charge in [0, 0.05) is 48.9 Å². The molecule has 2 aromatic heterocycles. The lowest BCUT2D eigenvalue weighted by molar-refractivity contribution is 0.346. The van der Waals surface area contributed by atoms with Crippen LogP contribution in [0, 0.1) is 13.8 Å². The van der Waals surface area contributed by atoms with Crippen molar-refractivity contribution >= 4 is 5.69 Å². The van der Waals surface area contributed by atoms with Gasteiger partial charge < -0.3 is 10.2 Å². The number of piperidine rings is 1. The Morgan fingerprint density at radius 3 is 2.57 bits per heavy atom. The maximum atomic E-state index is 4.59. The summed E-state index contributed by atoms with van der Waals surface area (Å²) < 4.78 is 4.03. The van der Waals surface area contributed by atoms with Crippen LogP contribution >= 0.6 is 0 Å². The van der Waals surface area contributed by atoms with E-state index in [1.54, 1.807) is 0 Å². The predicted octanol–water partition coefficient (Wildman–Crippen LogP) is 3.33. The number of nitrogens with zero attached hydrogens (tertiary/aromatic N) is 5. The molecule has 1 aliphatic heterocycles. The standard InChI is InChI=1S/C22H30N6/c1-17-14-19(3)28(25-17)16-18(2)24-20-8-12-26(13-9-20)21-6-4-7-22(15-21)27-11-5-10-23-27/h4-7,10-11,14-15,18,20,24H,8-9,12-13,16H2,1-3H3/t18-/m1/s1. The van der Waals surface area contributed by atoms with Gasteiger partial charge in [-0.25, -0.2) is 4.68 Å². The minimum absolute atomic E-state index is 0.415. The van der Waals surface area contributed by atoms with Gasteiger partial charge in [-0.2, -0.15) is 10.2 Å². The molecule has 6 nitrogen and oxygen atoms in total. The second-order valence-electron chi connectivity index (χ2n) is 7.91.